The van der Waals surface area contributed by atoms with Crippen molar-refractivity contribution in [2.45, 2.75) is 32.7 Å². The number of aromatic nitrogens is 4. The minimum absolute atomic E-state index is 0.0519. The highest BCUT2D eigenvalue weighted by Gasteiger charge is 2.33. The van der Waals surface area contributed by atoms with Crippen LogP contribution in [0.5, 0.6) is 0 Å². The van der Waals surface area contributed by atoms with Crippen molar-refractivity contribution in [3.8, 4) is 5.69 Å². The Kier molecular flexibility index (Phi) is 5.53. The Labute approximate surface area is 190 Å². The smallest absolute Gasteiger partial charge is 0.295 e. The van der Waals surface area contributed by atoms with Crippen molar-refractivity contribution < 1.29 is 13.6 Å². The maximum Gasteiger partial charge on any atom is 0.295 e. The second-order valence-electron chi connectivity index (χ2n) is 8.54. The molecule has 1 N–H and O–H groups in total. The molecule has 5 rings (SSSR count). The number of anilines is 1. The molecule has 8 nitrogen and oxygen atoms in total. The van der Waals surface area contributed by atoms with Crippen molar-refractivity contribution >= 4 is 23.0 Å². The number of hydrogen-bond donors (Lipinski definition) is 1. The zero-order valence-corrected chi connectivity index (χ0v) is 18.5. The zero-order valence-electron chi connectivity index (χ0n) is 18.5. The van der Waals surface area contributed by atoms with E-state index in [2.05, 4.69) is 27.4 Å². The van der Waals surface area contributed by atoms with Crippen LogP contribution in [-0.4, -0.2) is 49.9 Å². The molecule has 1 fully saturated rings. The Bertz CT molecular complexity index is 1290. The number of fused-ring (bicyclic) bond motifs is 1. The first-order chi connectivity index (χ1) is 16.0. The lowest BCUT2D eigenvalue weighted by Crippen LogP contribution is -2.51. The standard InChI is InChI=1S/C24H25FN6O2/c1-15-5-7-20(31-27-9-10-28-31)18(12-15)23(32)30-11-3-4-16(2)21(30)14-26-24-29-19-13-17(25)6-8-22(19)33-24/h5-10,12-13,16,21H,3-4,11,14H2,1-2H3,(H,26,29)/t16-,21-/m1/s1. The molecule has 2 atom stereocenters. The van der Waals surface area contributed by atoms with Crippen LogP contribution in [-0.2, 0) is 0 Å². The van der Waals surface area contributed by atoms with Crippen LogP contribution in [0, 0.1) is 18.7 Å². The van der Waals surface area contributed by atoms with E-state index in [-0.39, 0.29) is 23.7 Å². The number of amides is 1. The maximum absolute atomic E-state index is 13.8. The fourth-order valence-corrected chi connectivity index (χ4v) is 4.47. The van der Waals surface area contributed by atoms with Crippen LogP contribution in [0.3, 0.4) is 0 Å². The van der Waals surface area contributed by atoms with E-state index < -0.39 is 0 Å². The molecule has 2 aromatic heterocycles. The van der Waals surface area contributed by atoms with Crippen LogP contribution >= 0.6 is 0 Å². The number of hydrogen-bond acceptors (Lipinski definition) is 6. The number of rotatable bonds is 5. The van der Waals surface area contributed by atoms with Gasteiger partial charge in [-0.2, -0.15) is 20.0 Å². The predicted molar refractivity (Wildman–Crippen MR) is 122 cm³/mol. The van der Waals surface area contributed by atoms with E-state index in [1.54, 1.807) is 18.5 Å². The Morgan fingerprint density at radius 2 is 2.03 bits per heavy atom. The number of aryl methyl sites for hydroxylation is 1. The highest BCUT2D eigenvalue weighted by molar-refractivity contribution is 5.98. The average molecular weight is 449 g/mol. The molecule has 2 aromatic carbocycles. The van der Waals surface area contributed by atoms with Crippen LogP contribution in [0.4, 0.5) is 10.4 Å². The van der Waals surface area contributed by atoms with E-state index in [0.717, 1.165) is 18.4 Å². The van der Waals surface area contributed by atoms with Crippen molar-refractivity contribution in [2.75, 3.05) is 18.4 Å². The Hall–Kier alpha value is -3.75. The van der Waals surface area contributed by atoms with Crippen LogP contribution < -0.4 is 5.32 Å². The SMILES string of the molecule is Cc1ccc(-n2nccn2)c(C(=O)N2CCC[C@@H](C)[C@H]2CNc2nc3cc(F)ccc3o2)c1. The van der Waals surface area contributed by atoms with Gasteiger partial charge in [0, 0.05) is 19.2 Å². The van der Waals surface area contributed by atoms with Gasteiger partial charge in [-0.1, -0.05) is 18.6 Å². The van der Waals surface area contributed by atoms with E-state index >= 15 is 0 Å². The normalized spacial score (nSPS) is 18.6. The van der Waals surface area contributed by atoms with Crippen molar-refractivity contribution in [2.24, 2.45) is 5.92 Å². The summed E-state index contributed by atoms with van der Waals surface area (Å²) in [7, 11) is 0. The Morgan fingerprint density at radius 1 is 1.21 bits per heavy atom. The molecule has 1 saturated heterocycles. The minimum atomic E-state index is -0.361. The summed E-state index contributed by atoms with van der Waals surface area (Å²) >= 11 is 0. The largest absolute Gasteiger partial charge is 0.424 e. The van der Waals surface area contributed by atoms with Crippen molar-refractivity contribution in [3.63, 3.8) is 0 Å². The highest BCUT2D eigenvalue weighted by atomic mass is 19.1. The molecule has 33 heavy (non-hydrogen) atoms. The molecule has 0 aliphatic carbocycles. The fourth-order valence-electron chi connectivity index (χ4n) is 4.47. The number of carbonyl (C=O) groups is 1. The van der Waals surface area contributed by atoms with Crippen molar-refractivity contribution in [1.29, 1.82) is 0 Å². The van der Waals surface area contributed by atoms with Gasteiger partial charge in [0.05, 0.1) is 29.7 Å². The molecule has 0 radical (unpaired) electrons. The van der Waals surface area contributed by atoms with Gasteiger partial charge in [0.2, 0.25) is 0 Å². The van der Waals surface area contributed by atoms with E-state index in [9.17, 15) is 9.18 Å². The molecular formula is C24H25FN6O2. The molecule has 1 aliphatic heterocycles. The Morgan fingerprint density at radius 3 is 2.85 bits per heavy atom. The molecule has 0 spiro atoms. The molecular weight excluding hydrogens is 423 g/mol. The lowest BCUT2D eigenvalue weighted by atomic mass is 9.90. The van der Waals surface area contributed by atoms with E-state index in [4.69, 9.17) is 4.42 Å². The van der Waals surface area contributed by atoms with Gasteiger partial charge in [0.1, 0.15) is 11.3 Å². The third-order valence-electron chi connectivity index (χ3n) is 6.21. The summed E-state index contributed by atoms with van der Waals surface area (Å²) in [6, 6.07) is 10.2. The van der Waals surface area contributed by atoms with Crippen molar-refractivity contribution in [1.82, 2.24) is 24.9 Å². The fraction of sp³-hybridized carbons (Fsp3) is 0.333. The lowest BCUT2D eigenvalue weighted by Gasteiger charge is -2.40. The maximum atomic E-state index is 13.8. The summed E-state index contributed by atoms with van der Waals surface area (Å²) in [6.07, 6.45) is 5.15. The van der Waals surface area contributed by atoms with Gasteiger partial charge in [-0.3, -0.25) is 4.79 Å². The first-order valence-corrected chi connectivity index (χ1v) is 11.1. The molecule has 1 amide bonds. The summed E-state index contributed by atoms with van der Waals surface area (Å²) in [5, 5.41) is 11.7. The minimum Gasteiger partial charge on any atom is -0.424 e. The number of likely N-dealkylation sites (tertiary alicyclic amines) is 1. The predicted octanol–water partition coefficient (Wildman–Crippen LogP) is 4.21. The van der Waals surface area contributed by atoms with Gasteiger partial charge < -0.3 is 14.6 Å². The van der Waals surface area contributed by atoms with Crippen LogP contribution in [0.15, 0.2) is 53.2 Å². The monoisotopic (exact) mass is 448 g/mol. The van der Waals surface area contributed by atoms with E-state index in [1.807, 2.05) is 30.0 Å². The van der Waals surface area contributed by atoms with Crippen LogP contribution in [0.1, 0.15) is 35.7 Å². The number of nitrogens with zero attached hydrogens (tertiary/aromatic N) is 5. The average Bonchev–Trinajstić information content (AvgIpc) is 3.47. The van der Waals surface area contributed by atoms with Gasteiger partial charge in [0.15, 0.2) is 5.58 Å². The quantitative estimate of drug-likeness (QED) is 0.492. The Balaban J connectivity index is 1.40. The van der Waals surface area contributed by atoms with Gasteiger partial charge in [0.25, 0.3) is 11.9 Å². The molecule has 0 bridgehead atoms. The van der Waals surface area contributed by atoms with Gasteiger partial charge in [-0.15, -0.1) is 0 Å². The first kappa shape index (κ1) is 21.1. The number of halogens is 1. The second-order valence-corrected chi connectivity index (χ2v) is 8.54. The molecule has 170 valence electrons. The molecule has 4 aromatic rings. The summed E-state index contributed by atoms with van der Waals surface area (Å²) in [4.78, 5) is 21.5. The molecule has 0 saturated carbocycles. The summed E-state index contributed by atoms with van der Waals surface area (Å²) in [5.74, 6) is -0.127. The van der Waals surface area contributed by atoms with Crippen LogP contribution in [0.2, 0.25) is 0 Å². The number of piperidine rings is 1. The third-order valence-corrected chi connectivity index (χ3v) is 6.21. The summed E-state index contributed by atoms with van der Waals surface area (Å²) < 4.78 is 19.2. The summed E-state index contributed by atoms with van der Waals surface area (Å²) in [6.45, 7) is 5.25. The molecule has 3 heterocycles. The number of nitrogens with one attached hydrogen (secondary N) is 1. The number of oxazole rings is 1. The second kappa shape index (κ2) is 8.65. The van der Waals surface area contributed by atoms with Crippen LogP contribution in [0.25, 0.3) is 16.8 Å². The molecule has 9 heteroatoms. The van der Waals surface area contributed by atoms with Gasteiger partial charge >= 0.3 is 0 Å². The highest BCUT2D eigenvalue weighted by Crippen LogP contribution is 2.28. The number of carbonyl (C=O) groups excluding carboxylic acids is 1. The van der Waals surface area contributed by atoms with E-state index in [0.29, 0.717) is 41.5 Å². The molecule has 1 aliphatic rings. The van der Waals surface area contributed by atoms with Gasteiger partial charge in [-0.25, -0.2) is 4.39 Å². The van der Waals surface area contributed by atoms with Crippen molar-refractivity contribution in [3.05, 3.63) is 65.7 Å². The topological polar surface area (TPSA) is 89.1 Å². The first-order valence-electron chi connectivity index (χ1n) is 11.1. The van der Waals surface area contributed by atoms with Gasteiger partial charge in [-0.05, 0) is 49.9 Å². The number of benzene rings is 2. The summed E-state index contributed by atoms with van der Waals surface area (Å²) in [5.41, 5.74) is 3.19. The zero-order chi connectivity index (χ0) is 22.9. The molecule has 0 unspecified atom stereocenters. The lowest BCUT2D eigenvalue weighted by molar-refractivity contribution is 0.0539. The van der Waals surface area contributed by atoms with E-state index in [1.165, 1.54) is 16.9 Å². The third kappa shape index (κ3) is 4.18.